The molecule has 1 aliphatic heterocycles. The molecule has 3 rings (SSSR count). The molecule has 1 saturated heterocycles. The number of nitrogens with zero attached hydrogens (tertiary/aromatic N) is 2. The lowest BCUT2D eigenvalue weighted by molar-refractivity contribution is 0.0355. The van der Waals surface area contributed by atoms with Crippen molar-refractivity contribution < 1.29 is 13.7 Å². The standard InChI is InChI=1S/C13H12ClFN2O2/c1-7-5-6-10(18-7)13-16-12(17-19-13)8-3-2-4-9(14)11(8)15/h2-4,7,10H,5-6H2,1H3/t7-,10-/m1/s1. The number of halogens is 2. The highest BCUT2D eigenvalue weighted by Gasteiger charge is 2.28. The molecule has 0 aliphatic carbocycles. The third-order valence-corrected chi connectivity index (χ3v) is 3.43. The van der Waals surface area contributed by atoms with Crippen LogP contribution in [0.5, 0.6) is 0 Å². The van der Waals surface area contributed by atoms with Gasteiger partial charge in [-0.05, 0) is 31.9 Å². The molecule has 6 heteroatoms. The van der Waals surface area contributed by atoms with E-state index in [0.29, 0.717) is 5.89 Å². The normalized spacial score (nSPS) is 22.9. The second-order valence-electron chi connectivity index (χ2n) is 4.57. The van der Waals surface area contributed by atoms with Crippen molar-refractivity contribution >= 4 is 11.6 Å². The number of benzene rings is 1. The fourth-order valence-corrected chi connectivity index (χ4v) is 2.31. The van der Waals surface area contributed by atoms with Gasteiger partial charge in [-0.15, -0.1) is 0 Å². The van der Waals surface area contributed by atoms with Crippen molar-refractivity contribution in [2.45, 2.75) is 32.0 Å². The fraction of sp³-hybridized carbons (Fsp3) is 0.385. The van der Waals surface area contributed by atoms with Crippen LogP contribution in [0, 0.1) is 5.82 Å². The van der Waals surface area contributed by atoms with Crippen molar-refractivity contribution in [1.29, 1.82) is 0 Å². The number of hydrogen-bond acceptors (Lipinski definition) is 4. The van der Waals surface area contributed by atoms with E-state index in [2.05, 4.69) is 10.1 Å². The quantitative estimate of drug-likeness (QED) is 0.841. The smallest absolute Gasteiger partial charge is 0.256 e. The van der Waals surface area contributed by atoms with E-state index in [4.69, 9.17) is 20.9 Å². The van der Waals surface area contributed by atoms with E-state index in [0.717, 1.165) is 12.8 Å². The average Bonchev–Trinajstić information content (AvgIpc) is 3.01. The first-order valence-corrected chi connectivity index (χ1v) is 6.46. The molecule has 1 aromatic carbocycles. The third-order valence-electron chi connectivity index (χ3n) is 3.14. The maximum atomic E-state index is 13.9. The summed E-state index contributed by atoms with van der Waals surface area (Å²) in [6, 6.07) is 4.68. The molecule has 0 radical (unpaired) electrons. The molecule has 0 unspecified atom stereocenters. The van der Waals surface area contributed by atoms with Crippen LogP contribution in [0.25, 0.3) is 11.4 Å². The minimum Gasteiger partial charge on any atom is -0.365 e. The summed E-state index contributed by atoms with van der Waals surface area (Å²) in [4.78, 5) is 4.20. The summed E-state index contributed by atoms with van der Waals surface area (Å²) in [6.07, 6.45) is 1.77. The molecular weight excluding hydrogens is 271 g/mol. The second kappa shape index (κ2) is 4.90. The van der Waals surface area contributed by atoms with Gasteiger partial charge in [0.1, 0.15) is 6.10 Å². The Morgan fingerprint density at radius 1 is 1.37 bits per heavy atom. The number of hydrogen-bond donors (Lipinski definition) is 0. The van der Waals surface area contributed by atoms with E-state index in [1.807, 2.05) is 6.92 Å². The fourth-order valence-electron chi connectivity index (χ4n) is 2.14. The van der Waals surface area contributed by atoms with Gasteiger partial charge in [0, 0.05) is 0 Å². The molecule has 2 aromatic rings. The highest BCUT2D eigenvalue weighted by molar-refractivity contribution is 6.31. The van der Waals surface area contributed by atoms with E-state index in [1.165, 1.54) is 6.07 Å². The van der Waals surface area contributed by atoms with E-state index in [-0.39, 0.29) is 28.6 Å². The van der Waals surface area contributed by atoms with Gasteiger partial charge in [0.2, 0.25) is 5.82 Å². The van der Waals surface area contributed by atoms with Crippen molar-refractivity contribution in [3.8, 4) is 11.4 Å². The lowest BCUT2D eigenvalue weighted by Crippen LogP contribution is -2.01. The Morgan fingerprint density at radius 2 is 2.21 bits per heavy atom. The molecule has 0 spiro atoms. The van der Waals surface area contributed by atoms with Gasteiger partial charge in [-0.3, -0.25) is 0 Å². The van der Waals surface area contributed by atoms with E-state index < -0.39 is 5.82 Å². The van der Waals surface area contributed by atoms with Gasteiger partial charge < -0.3 is 9.26 Å². The third kappa shape index (κ3) is 2.35. The Kier molecular flexibility index (Phi) is 3.24. The monoisotopic (exact) mass is 282 g/mol. The second-order valence-corrected chi connectivity index (χ2v) is 4.98. The van der Waals surface area contributed by atoms with Crippen molar-refractivity contribution in [3.63, 3.8) is 0 Å². The topological polar surface area (TPSA) is 48.2 Å². The Morgan fingerprint density at radius 3 is 2.95 bits per heavy atom. The molecule has 1 fully saturated rings. The molecule has 0 saturated carbocycles. The summed E-state index contributed by atoms with van der Waals surface area (Å²) in [7, 11) is 0. The lowest BCUT2D eigenvalue weighted by Gasteiger charge is -2.04. The SMILES string of the molecule is C[C@@H]1CC[C@H](c2nc(-c3cccc(Cl)c3F)no2)O1. The molecule has 1 aromatic heterocycles. The molecule has 2 atom stereocenters. The van der Waals surface area contributed by atoms with Crippen LogP contribution >= 0.6 is 11.6 Å². The Bertz CT molecular complexity index is 602. The summed E-state index contributed by atoms with van der Waals surface area (Å²) in [5.74, 6) is 0.0362. The van der Waals surface area contributed by atoms with Gasteiger partial charge in [0.15, 0.2) is 5.82 Å². The molecule has 0 bridgehead atoms. The van der Waals surface area contributed by atoms with Gasteiger partial charge in [-0.1, -0.05) is 22.8 Å². The first-order valence-electron chi connectivity index (χ1n) is 6.08. The zero-order valence-electron chi connectivity index (χ0n) is 10.3. The summed E-state index contributed by atoms with van der Waals surface area (Å²) in [6.45, 7) is 1.99. The first-order chi connectivity index (χ1) is 9.15. The van der Waals surface area contributed by atoms with Gasteiger partial charge in [-0.2, -0.15) is 4.98 Å². The zero-order chi connectivity index (χ0) is 13.4. The van der Waals surface area contributed by atoms with Crippen LogP contribution in [-0.2, 0) is 4.74 Å². The largest absolute Gasteiger partial charge is 0.365 e. The van der Waals surface area contributed by atoms with Crippen molar-refractivity contribution in [2.24, 2.45) is 0 Å². The molecule has 19 heavy (non-hydrogen) atoms. The summed E-state index contributed by atoms with van der Waals surface area (Å²) >= 11 is 5.73. The van der Waals surface area contributed by atoms with Crippen molar-refractivity contribution in [3.05, 3.63) is 34.9 Å². The molecule has 2 heterocycles. The van der Waals surface area contributed by atoms with E-state index >= 15 is 0 Å². The summed E-state index contributed by atoms with van der Waals surface area (Å²) in [5.41, 5.74) is 0.230. The first kappa shape index (κ1) is 12.6. The van der Waals surface area contributed by atoms with Crippen molar-refractivity contribution in [1.82, 2.24) is 10.1 Å². The molecule has 1 aliphatic rings. The highest BCUT2D eigenvalue weighted by Crippen LogP contribution is 2.33. The van der Waals surface area contributed by atoms with Gasteiger partial charge >= 0.3 is 0 Å². The van der Waals surface area contributed by atoms with Crippen LogP contribution < -0.4 is 0 Å². The van der Waals surface area contributed by atoms with Crippen LogP contribution in [0.3, 0.4) is 0 Å². The van der Waals surface area contributed by atoms with E-state index in [9.17, 15) is 4.39 Å². The van der Waals surface area contributed by atoms with Gasteiger partial charge in [0.25, 0.3) is 5.89 Å². The predicted octanol–water partition coefficient (Wildman–Crippen LogP) is 3.77. The number of ether oxygens (including phenoxy) is 1. The van der Waals surface area contributed by atoms with Crippen LogP contribution in [-0.4, -0.2) is 16.2 Å². The van der Waals surface area contributed by atoms with Crippen molar-refractivity contribution in [2.75, 3.05) is 0 Å². The van der Waals surface area contributed by atoms with Gasteiger partial charge in [0.05, 0.1) is 16.7 Å². The summed E-state index contributed by atoms with van der Waals surface area (Å²) in [5, 5.41) is 3.83. The average molecular weight is 283 g/mol. The minimum atomic E-state index is -0.544. The van der Waals surface area contributed by atoms with Gasteiger partial charge in [-0.25, -0.2) is 4.39 Å². The number of rotatable bonds is 2. The Hall–Kier alpha value is -1.46. The number of aromatic nitrogens is 2. The maximum absolute atomic E-state index is 13.9. The molecule has 4 nitrogen and oxygen atoms in total. The lowest BCUT2D eigenvalue weighted by atomic mass is 10.2. The molecule has 0 N–H and O–H groups in total. The Labute approximate surface area is 114 Å². The van der Waals surface area contributed by atoms with Crippen LogP contribution in [0.15, 0.2) is 22.7 Å². The zero-order valence-corrected chi connectivity index (χ0v) is 11.0. The molecule has 100 valence electrons. The van der Waals surface area contributed by atoms with E-state index in [1.54, 1.807) is 12.1 Å². The maximum Gasteiger partial charge on any atom is 0.256 e. The summed E-state index contributed by atoms with van der Waals surface area (Å²) < 4.78 is 24.6. The van der Waals surface area contributed by atoms with Crippen LogP contribution in [0.4, 0.5) is 4.39 Å². The molecule has 0 amide bonds. The van der Waals surface area contributed by atoms with Crippen LogP contribution in [0.2, 0.25) is 5.02 Å². The minimum absolute atomic E-state index is 0.0367. The predicted molar refractivity (Wildman–Crippen MR) is 67.2 cm³/mol. The molecular formula is C13H12ClFN2O2. The highest BCUT2D eigenvalue weighted by atomic mass is 35.5. The van der Waals surface area contributed by atoms with Crippen LogP contribution in [0.1, 0.15) is 31.8 Å². The Balaban J connectivity index is 1.91.